The van der Waals surface area contributed by atoms with Crippen LogP contribution >= 0.6 is 0 Å². The van der Waals surface area contributed by atoms with Crippen LogP contribution in [0.2, 0.25) is 0 Å². The van der Waals surface area contributed by atoms with Gasteiger partial charge in [-0.15, -0.1) is 0 Å². The SMILES string of the molecule is COC1CC(C)OC(CCC(C)C(O)C(C)C2OC(=O)/C=C/C(C)=C\CC(O)CC3C=CCC(CC(OC)C(C)C(O)CC(O)C2C)O3)C1. The Morgan fingerprint density at radius 3 is 2.31 bits per heavy atom. The predicted molar refractivity (Wildman–Crippen MR) is 189 cm³/mol. The van der Waals surface area contributed by atoms with Gasteiger partial charge in [0.2, 0.25) is 0 Å². The van der Waals surface area contributed by atoms with Crippen molar-refractivity contribution < 1.29 is 48.9 Å². The summed E-state index contributed by atoms with van der Waals surface area (Å²) in [6, 6.07) is 0. The summed E-state index contributed by atoms with van der Waals surface area (Å²) in [6.07, 6.45) is 9.69. The summed E-state index contributed by atoms with van der Waals surface area (Å²) in [5.74, 6) is -2.14. The number of hydrogen-bond acceptors (Lipinski definition) is 10. The summed E-state index contributed by atoms with van der Waals surface area (Å²) in [7, 11) is 3.35. The third kappa shape index (κ3) is 13.1. The van der Waals surface area contributed by atoms with Gasteiger partial charge in [0.15, 0.2) is 0 Å². The van der Waals surface area contributed by atoms with E-state index < -0.39 is 48.3 Å². The zero-order valence-electron chi connectivity index (χ0n) is 31.1. The second-order valence-corrected chi connectivity index (χ2v) is 15.2. The minimum Gasteiger partial charge on any atom is -0.458 e. The molecule has 3 aliphatic rings. The van der Waals surface area contributed by atoms with Crippen LogP contribution in [0.25, 0.3) is 0 Å². The topological polar surface area (TPSA) is 144 Å². The van der Waals surface area contributed by atoms with Crippen LogP contribution < -0.4 is 0 Å². The highest BCUT2D eigenvalue weighted by Crippen LogP contribution is 2.33. The summed E-state index contributed by atoms with van der Waals surface area (Å²) in [4.78, 5) is 13.2. The molecule has 3 heterocycles. The van der Waals surface area contributed by atoms with E-state index in [0.29, 0.717) is 32.1 Å². The van der Waals surface area contributed by atoms with Crippen molar-refractivity contribution in [3.63, 3.8) is 0 Å². The van der Waals surface area contributed by atoms with Gasteiger partial charge < -0.3 is 44.1 Å². The Kier molecular flexibility index (Phi) is 17.4. The molecule has 282 valence electrons. The molecule has 4 N–H and O–H groups in total. The van der Waals surface area contributed by atoms with E-state index in [1.54, 1.807) is 27.2 Å². The highest BCUT2D eigenvalue weighted by Gasteiger charge is 2.39. The molecular weight excluding hydrogens is 628 g/mol. The van der Waals surface area contributed by atoms with Crippen LogP contribution in [0.15, 0.2) is 36.0 Å². The zero-order chi connectivity index (χ0) is 36.2. The standard InChI is InChI=1S/C39H66O10/c1-23-12-15-29(40)19-30-10-9-11-31(48-30)21-36(46-8)26(4)34(41)22-35(42)27(5)39(49-37(43)17-13-23)28(6)38(44)24(2)14-16-32-20-33(45-7)18-25(3)47-32/h9-10,12-13,17,24-36,38-42,44H,11,14-16,18-22H2,1-8H3/b17-13+,23-12-. The van der Waals surface area contributed by atoms with Crippen molar-refractivity contribution in [3.8, 4) is 0 Å². The van der Waals surface area contributed by atoms with Gasteiger partial charge in [-0.05, 0) is 64.7 Å². The van der Waals surface area contributed by atoms with Gasteiger partial charge in [0.05, 0.1) is 61.0 Å². The molecule has 0 aromatic rings. The summed E-state index contributed by atoms with van der Waals surface area (Å²) >= 11 is 0. The minimum atomic E-state index is -1.02. The molecule has 0 radical (unpaired) electrons. The number of hydrogen-bond donors (Lipinski definition) is 4. The fourth-order valence-electron chi connectivity index (χ4n) is 7.67. The lowest BCUT2D eigenvalue weighted by Crippen LogP contribution is -2.45. The fourth-order valence-corrected chi connectivity index (χ4v) is 7.67. The number of methoxy groups -OCH3 is 2. The molecule has 1 saturated heterocycles. The maximum atomic E-state index is 13.2. The molecule has 3 aliphatic heterocycles. The largest absolute Gasteiger partial charge is 0.458 e. The van der Waals surface area contributed by atoms with Crippen molar-refractivity contribution in [2.45, 2.75) is 166 Å². The Labute approximate surface area is 294 Å². The second-order valence-electron chi connectivity index (χ2n) is 15.2. The van der Waals surface area contributed by atoms with Crippen molar-refractivity contribution in [2.24, 2.45) is 23.7 Å². The quantitative estimate of drug-likeness (QED) is 0.201. The smallest absolute Gasteiger partial charge is 0.331 e. The molecule has 1 fully saturated rings. The molecule has 3 rings (SSSR count). The maximum absolute atomic E-state index is 13.2. The number of cyclic esters (lactones) is 1. The second kappa shape index (κ2) is 20.4. The van der Waals surface area contributed by atoms with E-state index in [2.05, 4.69) is 13.0 Å². The lowest BCUT2D eigenvalue weighted by Gasteiger charge is -2.38. The Bertz CT molecular complexity index is 1080. The van der Waals surface area contributed by atoms with Gasteiger partial charge in [0.25, 0.3) is 0 Å². The molecule has 15 atom stereocenters. The van der Waals surface area contributed by atoms with Crippen molar-refractivity contribution in [2.75, 3.05) is 14.2 Å². The van der Waals surface area contributed by atoms with Crippen LogP contribution in [0.1, 0.15) is 99.3 Å². The van der Waals surface area contributed by atoms with Gasteiger partial charge in [-0.1, -0.05) is 57.6 Å². The summed E-state index contributed by atoms with van der Waals surface area (Å²) in [5, 5.41) is 45.1. The van der Waals surface area contributed by atoms with E-state index in [-0.39, 0.29) is 54.9 Å². The predicted octanol–water partition coefficient (Wildman–Crippen LogP) is 5.05. The molecule has 15 unspecified atom stereocenters. The molecule has 0 spiro atoms. The number of fused-ring (bicyclic) bond motifs is 2. The number of aliphatic hydroxyl groups is 4. The Balaban J connectivity index is 1.80. The van der Waals surface area contributed by atoms with E-state index >= 15 is 0 Å². The number of ether oxygens (including phenoxy) is 5. The van der Waals surface area contributed by atoms with Gasteiger partial charge >= 0.3 is 5.97 Å². The molecule has 0 amide bonds. The van der Waals surface area contributed by atoms with E-state index in [1.165, 1.54) is 6.08 Å². The molecule has 0 saturated carbocycles. The van der Waals surface area contributed by atoms with E-state index in [4.69, 9.17) is 23.7 Å². The zero-order valence-corrected chi connectivity index (χ0v) is 31.1. The first-order valence-electron chi connectivity index (χ1n) is 18.5. The number of carbonyl (C=O) groups excluding carboxylic acids is 1. The monoisotopic (exact) mass is 694 g/mol. The lowest BCUT2D eigenvalue weighted by atomic mass is 9.78. The van der Waals surface area contributed by atoms with Gasteiger partial charge in [0, 0.05) is 50.9 Å². The molecule has 0 aromatic heterocycles. The first kappa shape index (κ1) is 41.8. The van der Waals surface area contributed by atoms with Crippen LogP contribution in [0.5, 0.6) is 0 Å². The van der Waals surface area contributed by atoms with E-state index in [9.17, 15) is 25.2 Å². The third-order valence-corrected chi connectivity index (χ3v) is 11.1. The van der Waals surface area contributed by atoms with Crippen LogP contribution in [0.3, 0.4) is 0 Å². The fraction of sp³-hybridized carbons (Fsp3) is 0.821. The number of esters is 1. The Hall–Kier alpha value is -1.63. The number of allylic oxidation sites excluding steroid dienone is 2. The molecule has 0 aliphatic carbocycles. The van der Waals surface area contributed by atoms with Crippen LogP contribution in [-0.2, 0) is 28.5 Å². The van der Waals surface area contributed by atoms with Gasteiger partial charge in [-0.3, -0.25) is 0 Å². The lowest BCUT2D eigenvalue weighted by molar-refractivity contribution is -0.157. The molecule has 10 heteroatoms. The summed E-state index contributed by atoms with van der Waals surface area (Å²) < 4.78 is 29.9. The highest BCUT2D eigenvalue weighted by molar-refractivity contribution is 5.82. The number of rotatable bonds is 8. The number of carbonyl (C=O) groups is 1. The Morgan fingerprint density at radius 1 is 0.898 bits per heavy atom. The molecule has 10 nitrogen and oxygen atoms in total. The van der Waals surface area contributed by atoms with Crippen molar-refractivity contribution in [1.82, 2.24) is 0 Å². The average Bonchev–Trinajstić information content (AvgIpc) is 3.08. The first-order chi connectivity index (χ1) is 23.2. The van der Waals surface area contributed by atoms with Crippen LogP contribution in [0, 0.1) is 23.7 Å². The third-order valence-electron chi connectivity index (χ3n) is 11.1. The molecular formula is C39H66O10. The first-order valence-corrected chi connectivity index (χ1v) is 18.5. The highest BCUT2D eigenvalue weighted by atomic mass is 16.5. The van der Waals surface area contributed by atoms with Gasteiger partial charge in [-0.2, -0.15) is 0 Å². The van der Waals surface area contributed by atoms with Crippen molar-refractivity contribution >= 4 is 5.97 Å². The minimum absolute atomic E-state index is 0.0460. The van der Waals surface area contributed by atoms with Gasteiger partial charge in [-0.25, -0.2) is 4.79 Å². The normalized spacial score (nSPS) is 41.1. The van der Waals surface area contributed by atoms with Crippen molar-refractivity contribution in [3.05, 3.63) is 36.0 Å². The summed E-state index contributed by atoms with van der Waals surface area (Å²) in [5.41, 5.74) is 0.796. The van der Waals surface area contributed by atoms with E-state index in [1.807, 2.05) is 39.8 Å². The van der Waals surface area contributed by atoms with Gasteiger partial charge in [0.1, 0.15) is 6.10 Å². The van der Waals surface area contributed by atoms with Crippen LogP contribution in [0.4, 0.5) is 0 Å². The Morgan fingerprint density at radius 2 is 1.61 bits per heavy atom. The van der Waals surface area contributed by atoms with Crippen LogP contribution in [-0.4, -0.2) is 108 Å². The number of aliphatic hydroxyl groups excluding tert-OH is 4. The average molecular weight is 695 g/mol. The molecule has 49 heavy (non-hydrogen) atoms. The van der Waals surface area contributed by atoms with Crippen molar-refractivity contribution in [1.29, 1.82) is 0 Å². The maximum Gasteiger partial charge on any atom is 0.331 e. The molecule has 0 aromatic carbocycles. The summed E-state index contributed by atoms with van der Waals surface area (Å²) in [6.45, 7) is 11.5. The molecule has 2 bridgehead atoms. The van der Waals surface area contributed by atoms with E-state index in [0.717, 1.165) is 24.8 Å².